The van der Waals surface area contributed by atoms with Crippen LogP contribution in [-0.2, 0) is 20.8 Å². The highest BCUT2D eigenvalue weighted by Gasteiger charge is 2.27. The number of nitrogen functional groups attached to an aromatic ring is 1. The average Bonchev–Trinajstić information content (AvgIpc) is 2.36. The Morgan fingerprint density at radius 2 is 2.00 bits per heavy atom. The Labute approximate surface area is 110 Å². The van der Waals surface area contributed by atoms with Crippen LogP contribution >= 0.6 is 0 Å². The van der Waals surface area contributed by atoms with Crippen molar-refractivity contribution in [1.82, 2.24) is 10.6 Å². The molecule has 0 aliphatic carbocycles. The first kappa shape index (κ1) is 13.1. The molecule has 100 valence electrons. The van der Waals surface area contributed by atoms with Gasteiger partial charge in [-0.05, 0) is 24.1 Å². The van der Waals surface area contributed by atoms with Crippen molar-refractivity contribution in [2.75, 3.05) is 5.73 Å². The normalized spacial score (nSPS) is 18.8. The summed E-state index contributed by atoms with van der Waals surface area (Å²) < 4.78 is 0. The van der Waals surface area contributed by atoms with Crippen LogP contribution in [0.5, 0.6) is 0 Å². The van der Waals surface area contributed by atoms with Crippen LogP contribution < -0.4 is 16.4 Å². The maximum atomic E-state index is 11.8. The third-order valence-electron chi connectivity index (χ3n) is 2.92. The van der Waals surface area contributed by atoms with E-state index < -0.39 is 11.9 Å². The Balaban J connectivity index is 1.89. The fraction of sp³-hybridized carbons (Fsp3) is 0.308. The Hall–Kier alpha value is -2.37. The van der Waals surface area contributed by atoms with Crippen molar-refractivity contribution in [3.8, 4) is 0 Å². The molecule has 0 bridgehead atoms. The number of benzene rings is 1. The Kier molecular flexibility index (Phi) is 3.79. The molecular formula is C13H15N3O3. The number of nitrogens with one attached hydrogen (secondary N) is 2. The molecule has 6 nitrogen and oxygen atoms in total. The predicted molar refractivity (Wildman–Crippen MR) is 68.9 cm³/mol. The van der Waals surface area contributed by atoms with Gasteiger partial charge in [0.1, 0.15) is 6.04 Å². The molecular weight excluding hydrogens is 246 g/mol. The van der Waals surface area contributed by atoms with Gasteiger partial charge in [0, 0.05) is 12.1 Å². The number of piperidine rings is 1. The molecule has 1 fully saturated rings. The molecule has 1 heterocycles. The summed E-state index contributed by atoms with van der Waals surface area (Å²) in [4.78, 5) is 34.2. The first-order valence-electron chi connectivity index (χ1n) is 6.02. The molecule has 0 saturated carbocycles. The van der Waals surface area contributed by atoms with E-state index in [1.54, 1.807) is 24.3 Å². The van der Waals surface area contributed by atoms with Crippen LogP contribution in [-0.4, -0.2) is 23.8 Å². The Morgan fingerprint density at radius 3 is 2.63 bits per heavy atom. The zero-order chi connectivity index (χ0) is 13.8. The van der Waals surface area contributed by atoms with Crippen LogP contribution in [0.15, 0.2) is 24.3 Å². The largest absolute Gasteiger partial charge is 0.399 e. The highest BCUT2D eigenvalue weighted by Crippen LogP contribution is 2.08. The second-order valence-corrected chi connectivity index (χ2v) is 4.49. The van der Waals surface area contributed by atoms with E-state index in [9.17, 15) is 14.4 Å². The molecule has 1 aliphatic rings. The van der Waals surface area contributed by atoms with Gasteiger partial charge in [-0.3, -0.25) is 19.7 Å². The Bertz CT molecular complexity index is 510. The van der Waals surface area contributed by atoms with E-state index >= 15 is 0 Å². The molecule has 1 aromatic rings. The van der Waals surface area contributed by atoms with E-state index in [0.29, 0.717) is 12.1 Å². The van der Waals surface area contributed by atoms with Crippen LogP contribution in [0.25, 0.3) is 0 Å². The fourth-order valence-electron chi connectivity index (χ4n) is 1.90. The van der Waals surface area contributed by atoms with Crippen molar-refractivity contribution in [2.45, 2.75) is 25.3 Å². The number of carbonyl (C=O) groups is 3. The molecule has 0 spiro atoms. The second-order valence-electron chi connectivity index (χ2n) is 4.49. The van der Waals surface area contributed by atoms with E-state index in [4.69, 9.17) is 5.73 Å². The molecule has 4 N–H and O–H groups in total. The van der Waals surface area contributed by atoms with Crippen LogP contribution in [0, 0.1) is 0 Å². The maximum absolute atomic E-state index is 11.8. The lowest BCUT2D eigenvalue weighted by atomic mass is 10.1. The molecule has 3 amide bonds. The van der Waals surface area contributed by atoms with Gasteiger partial charge in [-0.2, -0.15) is 0 Å². The molecule has 6 heteroatoms. The highest BCUT2D eigenvalue weighted by molar-refractivity contribution is 6.01. The first-order valence-corrected chi connectivity index (χ1v) is 6.02. The van der Waals surface area contributed by atoms with Gasteiger partial charge in [0.25, 0.3) is 0 Å². The van der Waals surface area contributed by atoms with Crippen LogP contribution in [0.4, 0.5) is 5.69 Å². The molecule has 1 unspecified atom stereocenters. The zero-order valence-electron chi connectivity index (χ0n) is 10.3. The quantitative estimate of drug-likeness (QED) is 0.515. The molecule has 1 atom stereocenters. The minimum absolute atomic E-state index is 0.179. The number of anilines is 1. The molecule has 1 aliphatic heterocycles. The van der Waals surface area contributed by atoms with Gasteiger partial charge in [0.05, 0.1) is 6.42 Å². The van der Waals surface area contributed by atoms with Gasteiger partial charge < -0.3 is 11.1 Å². The molecule has 1 saturated heterocycles. The van der Waals surface area contributed by atoms with Crippen LogP contribution in [0.2, 0.25) is 0 Å². The number of carbonyl (C=O) groups excluding carboxylic acids is 3. The molecule has 0 radical (unpaired) electrons. The minimum atomic E-state index is -0.626. The second kappa shape index (κ2) is 5.51. The summed E-state index contributed by atoms with van der Waals surface area (Å²) >= 11 is 0. The summed E-state index contributed by atoms with van der Waals surface area (Å²) in [5, 5.41) is 4.81. The van der Waals surface area contributed by atoms with Crippen molar-refractivity contribution in [2.24, 2.45) is 0 Å². The zero-order valence-corrected chi connectivity index (χ0v) is 10.3. The van der Waals surface area contributed by atoms with E-state index in [-0.39, 0.29) is 24.7 Å². The van der Waals surface area contributed by atoms with Crippen molar-refractivity contribution in [3.63, 3.8) is 0 Å². The highest BCUT2D eigenvalue weighted by atomic mass is 16.2. The van der Waals surface area contributed by atoms with Crippen molar-refractivity contribution in [3.05, 3.63) is 29.8 Å². The summed E-state index contributed by atoms with van der Waals surface area (Å²) in [6.07, 6.45) is 0.773. The summed E-state index contributed by atoms with van der Waals surface area (Å²) in [5.74, 6) is -0.991. The van der Waals surface area contributed by atoms with Crippen LogP contribution in [0.3, 0.4) is 0 Å². The SMILES string of the molecule is Nc1ccc(CC(=O)NC2CCC(=O)NC2=O)cc1. The van der Waals surface area contributed by atoms with Gasteiger partial charge in [0.15, 0.2) is 0 Å². The predicted octanol–water partition coefficient (Wildman–Crippen LogP) is -0.267. The first-order chi connectivity index (χ1) is 9.04. The monoisotopic (exact) mass is 261 g/mol. The number of amides is 3. The van der Waals surface area contributed by atoms with E-state index in [1.807, 2.05) is 0 Å². The number of nitrogens with two attached hydrogens (primary N) is 1. The summed E-state index contributed by atoms with van der Waals surface area (Å²) in [5.41, 5.74) is 7.00. The maximum Gasteiger partial charge on any atom is 0.249 e. The molecule has 1 aromatic carbocycles. The number of hydrogen-bond acceptors (Lipinski definition) is 4. The lowest BCUT2D eigenvalue weighted by Crippen LogP contribution is -2.52. The topological polar surface area (TPSA) is 101 Å². The third kappa shape index (κ3) is 3.54. The number of hydrogen-bond donors (Lipinski definition) is 3. The van der Waals surface area contributed by atoms with E-state index in [2.05, 4.69) is 10.6 Å². The summed E-state index contributed by atoms with van der Waals surface area (Å²) in [6.45, 7) is 0. The third-order valence-corrected chi connectivity index (χ3v) is 2.92. The van der Waals surface area contributed by atoms with Gasteiger partial charge in [-0.25, -0.2) is 0 Å². The lowest BCUT2D eigenvalue weighted by Gasteiger charge is -2.21. The average molecular weight is 261 g/mol. The fourth-order valence-corrected chi connectivity index (χ4v) is 1.90. The summed E-state index contributed by atoms with van der Waals surface area (Å²) in [6, 6.07) is 6.33. The van der Waals surface area contributed by atoms with Gasteiger partial charge in [-0.1, -0.05) is 12.1 Å². The summed E-state index contributed by atoms with van der Waals surface area (Å²) in [7, 11) is 0. The smallest absolute Gasteiger partial charge is 0.249 e. The van der Waals surface area contributed by atoms with E-state index in [0.717, 1.165) is 5.56 Å². The van der Waals surface area contributed by atoms with Gasteiger partial charge in [0.2, 0.25) is 17.7 Å². The van der Waals surface area contributed by atoms with Gasteiger partial charge in [-0.15, -0.1) is 0 Å². The minimum Gasteiger partial charge on any atom is -0.399 e. The standard InChI is InChI=1S/C13H15N3O3/c14-9-3-1-8(2-4-9)7-12(18)15-10-5-6-11(17)16-13(10)19/h1-4,10H,5-7,14H2,(H,15,18)(H,16,17,19). The van der Waals surface area contributed by atoms with E-state index in [1.165, 1.54) is 0 Å². The Morgan fingerprint density at radius 1 is 1.32 bits per heavy atom. The van der Waals surface area contributed by atoms with Crippen molar-refractivity contribution in [1.29, 1.82) is 0 Å². The number of imide groups is 1. The number of rotatable bonds is 3. The molecule has 19 heavy (non-hydrogen) atoms. The van der Waals surface area contributed by atoms with Crippen molar-refractivity contribution < 1.29 is 14.4 Å². The van der Waals surface area contributed by atoms with Crippen molar-refractivity contribution >= 4 is 23.4 Å². The molecule has 0 aromatic heterocycles. The lowest BCUT2D eigenvalue weighted by molar-refractivity contribution is -0.137. The van der Waals surface area contributed by atoms with Gasteiger partial charge >= 0.3 is 0 Å². The van der Waals surface area contributed by atoms with Crippen LogP contribution in [0.1, 0.15) is 18.4 Å². The molecule has 2 rings (SSSR count).